The van der Waals surface area contributed by atoms with E-state index in [1.807, 2.05) is 101 Å². The first-order chi connectivity index (χ1) is 69.1. The minimum absolute atomic E-state index is 0.0871. The number of H-pyrrole nitrogens is 4. The van der Waals surface area contributed by atoms with E-state index < -0.39 is 59.1 Å². The van der Waals surface area contributed by atoms with Crippen LogP contribution in [-0.2, 0) is 29.4 Å². The van der Waals surface area contributed by atoms with E-state index in [2.05, 4.69) is 169 Å². The van der Waals surface area contributed by atoms with Gasteiger partial charge in [-0.3, -0.25) is 10.2 Å². The summed E-state index contributed by atoms with van der Waals surface area (Å²) in [6, 6.07) is 35.7. The van der Waals surface area contributed by atoms with Gasteiger partial charge in [0.15, 0.2) is 0 Å². The maximum Gasteiger partial charge on any atom is 0.417 e. The summed E-state index contributed by atoms with van der Waals surface area (Å²) in [6.07, 6.45) is -2.82. The van der Waals surface area contributed by atoms with Crippen LogP contribution in [0, 0.1) is 51.1 Å². The third kappa shape index (κ3) is 23.8. The predicted octanol–water partition coefficient (Wildman–Crippen LogP) is 20.4. The van der Waals surface area contributed by atoms with Gasteiger partial charge in [-0.2, -0.15) is 73.7 Å². The summed E-state index contributed by atoms with van der Waals surface area (Å²) in [4.78, 5) is 88.1. The Hall–Kier alpha value is -17.3. The Balaban J connectivity index is 0.000000146. The first-order valence-corrected chi connectivity index (χ1v) is 44.9. The molecule has 9 N–H and O–H groups in total. The highest BCUT2D eigenvalue weighted by atomic mass is 19.4. The number of pyridine rings is 5. The number of halogens is 13. The predicted molar refractivity (Wildman–Crippen MR) is 518 cm³/mol. The van der Waals surface area contributed by atoms with Gasteiger partial charge in [0, 0.05) is 183 Å². The number of benzene rings is 3. The van der Waals surface area contributed by atoms with Crippen molar-refractivity contribution >= 4 is 96.9 Å². The van der Waals surface area contributed by atoms with Crippen molar-refractivity contribution in [3.05, 3.63) is 256 Å². The highest BCUT2D eigenvalue weighted by molar-refractivity contribution is 5.98. The number of carbonyl (C=O) groups excluding carboxylic acids is 1. The Labute approximate surface area is 819 Å². The summed E-state index contributed by atoms with van der Waals surface area (Å²) >= 11 is 0. The molecule has 145 heavy (non-hydrogen) atoms. The van der Waals surface area contributed by atoms with Crippen LogP contribution < -0.4 is 41.3 Å². The Morgan fingerprint density at radius 1 is 0.400 bits per heavy atom. The van der Waals surface area contributed by atoms with Crippen molar-refractivity contribution in [2.45, 2.75) is 96.5 Å². The lowest BCUT2D eigenvalue weighted by molar-refractivity contribution is -0.138. The van der Waals surface area contributed by atoms with Crippen LogP contribution in [0.2, 0.25) is 0 Å². The van der Waals surface area contributed by atoms with Gasteiger partial charge in [-0.1, -0.05) is 36.4 Å². The van der Waals surface area contributed by atoms with E-state index in [9.17, 15) is 78.5 Å². The molecule has 0 aliphatic carbocycles. The summed E-state index contributed by atoms with van der Waals surface area (Å²) in [7, 11) is 7.10. The zero-order chi connectivity index (χ0) is 104. The summed E-state index contributed by atoms with van der Waals surface area (Å²) in [6.45, 7) is 19.3. The Kier molecular flexibility index (Phi) is 30.3. The fraction of sp³-hybridized carbons (Fsp3) is 0.273. The first-order valence-electron chi connectivity index (χ1n) is 44.9. The number of nitrogens with zero attached hydrogens (tertiary/aromatic N) is 22. The van der Waals surface area contributed by atoms with Gasteiger partial charge in [-0.15, -0.1) is 0 Å². The van der Waals surface area contributed by atoms with Gasteiger partial charge in [0.2, 0.25) is 23.8 Å². The standard InChI is InChI=1S/C28H29F3N8.C26H24F4N8.C23H18F3N7O2.C22H19F3N8/c1-17(2)38-8-10-39(11-9-38)22-6-4-19(5-7-22)18(3)36-27-35-14-20(13-32)25(37-27)24-16-34-26-23(24)12-21(15-33-26)28(29,30)31;1-15(16-3-4-22(21(27)9-16)38-7-5-37(2)6-8-38)35-25-34-12-17(11-31)23(36-25)20-14-33-24-19(20)10-18(13-32-24)26(28,29)30;1-12(13-3-5-16(6-4-13)32-22(34)35-2)31-21-30-9-14(8-27)19(33-21)18-11-29-20-17(18)7-15(10-28-20)23(24,25)26;1-12(13-4-5-18(27-8-13)33(2)3)31-21-30-9-14(7-26)19(32-21)17-11-29-20-16(17)6-15(10-28-20)22(23,24)25/h4-7,12,14-18H,8-11H2,1-3H3,(H,33,34)(H,35,36,37);3-4,9-10,12-15H,5-8H2,1-2H3,(H,32,33)(H,34,35,36);3-7,9-12H,1-2H3,(H,28,29)(H,32,34)(H,30,31,33);4-6,8-12H,1-3H3,(H,28,29)(H,30,31,32)/t18-;15-;12-;/m111./s1. The number of aromatic amines is 4. The van der Waals surface area contributed by atoms with E-state index in [1.165, 1.54) is 68.4 Å². The lowest BCUT2D eigenvalue weighted by atomic mass is 10.1. The molecule has 1 unspecified atom stereocenters. The number of likely N-dealkylation sites (N-methyl/N-ethyl adjacent to an activating group) is 1. The van der Waals surface area contributed by atoms with Crippen LogP contribution in [0.25, 0.3) is 89.2 Å². The van der Waals surface area contributed by atoms with Gasteiger partial charge in [0.25, 0.3) is 0 Å². The topological polar surface area (TPSA) is 429 Å². The van der Waals surface area contributed by atoms with E-state index >= 15 is 4.39 Å². The van der Waals surface area contributed by atoms with Crippen LogP contribution in [0.1, 0.15) is 132 Å². The molecule has 1 amide bonds. The molecule has 15 heterocycles. The third-order valence-corrected chi connectivity index (χ3v) is 24.2. The Bertz CT molecular complexity index is 7550. The molecular weight excluding hydrogens is 1900 g/mol. The molecule has 4 atom stereocenters. The number of nitriles is 4. The number of methoxy groups -OCH3 is 1. The van der Waals surface area contributed by atoms with Gasteiger partial charge in [-0.05, 0) is 138 Å². The number of rotatable bonds is 21. The lowest BCUT2D eigenvalue weighted by Gasteiger charge is -2.38. The molecule has 0 radical (unpaired) electrons. The van der Waals surface area contributed by atoms with Gasteiger partial charge >= 0.3 is 30.8 Å². The number of anilines is 8. The van der Waals surface area contributed by atoms with Crippen molar-refractivity contribution in [2.24, 2.45) is 0 Å². The van der Waals surface area contributed by atoms with E-state index in [4.69, 9.17) is 0 Å². The van der Waals surface area contributed by atoms with Crippen LogP contribution in [0.4, 0.5) is 109 Å². The molecule has 0 spiro atoms. The molecule has 744 valence electrons. The minimum atomic E-state index is -4.57. The van der Waals surface area contributed by atoms with Crippen LogP contribution in [-0.4, -0.2) is 187 Å². The smallest absolute Gasteiger partial charge is 0.417 e. The molecule has 2 fully saturated rings. The number of hydrogen-bond acceptors (Lipinski definition) is 28. The van der Waals surface area contributed by atoms with Gasteiger partial charge in [-0.25, -0.2) is 74.0 Å². The van der Waals surface area contributed by atoms with Gasteiger partial charge < -0.3 is 65.5 Å². The SMILES string of the molecule is CC(C)N1CCN(c2ccc([C@@H](C)Nc3ncc(C#N)c(-c4c[nH]c5ncc(C(F)(F)F)cc45)n3)cc2)CC1.CC(Nc1ncc(C#N)c(-c2c[nH]c3ncc(C(F)(F)F)cc23)n1)c1ccc(N(C)C)nc1.COC(=O)Nc1ccc([C@@H](C)Nc2ncc(C#N)c(-c3c[nH]c4ncc(C(F)(F)F)cc34)n2)cc1.C[C@@H](Nc1ncc(C#N)c(-c2c[nH]c3ncc(C(F)(F)F)cc23)n1)c1ccc(N2CCN(C)CC2)c(F)c1. The molecule has 2 aliphatic heterocycles. The number of aromatic nitrogens is 17. The van der Waals surface area contributed by atoms with E-state index in [0.29, 0.717) is 39.7 Å². The third-order valence-electron chi connectivity index (χ3n) is 24.2. The molecule has 46 heteroatoms. The zero-order valence-corrected chi connectivity index (χ0v) is 78.9. The maximum atomic E-state index is 15.0. The lowest BCUT2D eigenvalue weighted by Crippen LogP contribution is -2.48. The Morgan fingerprint density at radius 2 is 0.724 bits per heavy atom. The zero-order valence-electron chi connectivity index (χ0n) is 78.9. The summed E-state index contributed by atoms with van der Waals surface area (Å²) in [5.41, 5.74) is 5.61. The summed E-state index contributed by atoms with van der Waals surface area (Å²) in [5.74, 6) is 1.30. The second-order valence-electron chi connectivity index (χ2n) is 34.3. The number of carbonyl (C=O) groups is 1. The van der Waals surface area contributed by atoms with Crippen LogP contribution in [0.5, 0.6) is 0 Å². The van der Waals surface area contributed by atoms with Crippen molar-refractivity contribution in [3.8, 4) is 69.3 Å². The van der Waals surface area contributed by atoms with Crippen LogP contribution in [0.15, 0.2) is 184 Å². The molecule has 0 bridgehead atoms. The van der Waals surface area contributed by atoms with Crippen LogP contribution in [0.3, 0.4) is 0 Å². The second-order valence-corrected chi connectivity index (χ2v) is 34.3. The molecule has 33 nitrogen and oxygen atoms in total. The molecule has 2 saturated heterocycles. The fourth-order valence-corrected chi connectivity index (χ4v) is 16.0. The van der Waals surface area contributed by atoms with Crippen molar-refractivity contribution < 1.29 is 66.6 Å². The molecular formula is C99H90F13N31O2. The quantitative estimate of drug-likeness (QED) is 0.0302. The number of alkyl halides is 12. The number of hydrogen-bond donors (Lipinski definition) is 9. The average Bonchev–Trinajstić information content (AvgIpc) is 1.66. The number of nitrogens with one attached hydrogen (secondary N) is 9. The van der Waals surface area contributed by atoms with Gasteiger partial charge in [0.05, 0.1) is 129 Å². The number of ether oxygens (including phenoxy) is 1. The summed E-state index contributed by atoms with van der Waals surface area (Å²) in [5, 5.41) is 54.3. The van der Waals surface area contributed by atoms with Gasteiger partial charge in [0.1, 0.15) is 58.5 Å². The highest BCUT2D eigenvalue weighted by Crippen LogP contribution is 2.42. The normalized spacial score (nSPS) is 14.0. The fourth-order valence-electron chi connectivity index (χ4n) is 16.0. The van der Waals surface area contributed by atoms with Crippen molar-refractivity contribution in [2.75, 3.05) is 122 Å². The highest BCUT2D eigenvalue weighted by Gasteiger charge is 2.37. The first kappa shape index (κ1) is 102. The largest absolute Gasteiger partial charge is 0.453 e. The number of piperazine rings is 2. The molecule has 0 saturated carbocycles. The van der Waals surface area contributed by atoms with Crippen molar-refractivity contribution in [1.29, 1.82) is 21.0 Å². The van der Waals surface area contributed by atoms with E-state index in [-0.39, 0.29) is 142 Å². The molecule has 2 aliphatic rings. The van der Waals surface area contributed by atoms with E-state index in [1.54, 1.807) is 36.5 Å². The number of fused-ring (bicyclic) bond motifs is 4. The van der Waals surface area contributed by atoms with Crippen molar-refractivity contribution in [3.63, 3.8) is 0 Å². The monoisotopic (exact) mass is 1990 g/mol. The average molecular weight is 1990 g/mol. The minimum Gasteiger partial charge on any atom is -0.453 e. The molecule has 16 aromatic rings. The number of amides is 1. The maximum absolute atomic E-state index is 15.0. The van der Waals surface area contributed by atoms with Crippen LogP contribution >= 0.6 is 0 Å². The molecule has 3 aromatic carbocycles. The Morgan fingerprint density at radius 3 is 1.03 bits per heavy atom. The van der Waals surface area contributed by atoms with E-state index in [0.717, 1.165) is 124 Å². The van der Waals surface area contributed by atoms with Crippen molar-refractivity contribution in [1.82, 2.24) is 94.5 Å². The summed E-state index contributed by atoms with van der Waals surface area (Å²) < 4.78 is 179. The second kappa shape index (κ2) is 43.0. The molecule has 18 rings (SSSR count). The molecule has 13 aromatic heterocycles.